The van der Waals surface area contributed by atoms with Crippen molar-refractivity contribution in [3.63, 3.8) is 0 Å². The van der Waals surface area contributed by atoms with E-state index in [1.165, 1.54) is 0 Å². The van der Waals surface area contributed by atoms with Gasteiger partial charge in [0, 0.05) is 57.1 Å². The molecule has 3 heterocycles. The highest BCUT2D eigenvalue weighted by molar-refractivity contribution is 5.79. The van der Waals surface area contributed by atoms with Crippen LogP contribution in [0.4, 0.5) is 0 Å². The molecule has 1 atom stereocenters. The largest absolute Gasteiger partial charge is 0.339 e. The smallest absolute Gasteiger partial charge is 0.227 e. The molecule has 140 valence electrons. The summed E-state index contributed by atoms with van der Waals surface area (Å²) < 4.78 is 0. The monoisotopic (exact) mass is 356 g/mol. The van der Waals surface area contributed by atoms with Gasteiger partial charge in [-0.2, -0.15) is 0 Å². The number of likely N-dealkylation sites (N-methyl/N-ethyl adjacent to an activating group) is 1. The first-order valence-corrected chi connectivity index (χ1v) is 9.31. The average Bonchev–Trinajstić information content (AvgIpc) is 2.80. The Balaban J connectivity index is 1.70. The number of piperazine rings is 1. The molecule has 0 saturated carbocycles. The summed E-state index contributed by atoms with van der Waals surface area (Å²) in [6, 6.07) is 3.80. The third-order valence-electron chi connectivity index (χ3n) is 5.78. The number of amides is 2. The van der Waals surface area contributed by atoms with E-state index in [1.807, 2.05) is 21.9 Å². The zero-order valence-electron chi connectivity index (χ0n) is 15.6. The highest BCUT2D eigenvalue weighted by atomic mass is 16.2. The van der Waals surface area contributed by atoms with Gasteiger partial charge in [-0.25, -0.2) is 0 Å². The van der Waals surface area contributed by atoms with E-state index in [4.69, 9.17) is 0 Å². The first-order chi connectivity index (χ1) is 12.5. The van der Waals surface area contributed by atoms with Gasteiger partial charge in [0.15, 0.2) is 0 Å². The maximum Gasteiger partial charge on any atom is 0.227 e. The fourth-order valence-electron chi connectivity index (χ4n) is 4.04. The molecule has 2 fully saturated rings. The number of rotatable bonds is 4. The van der Waals surface area contributed by atoms with Gasteiger partial charge in [0.05, 0.1) is 6.42 Å². The molecule has 2 aliphatic rings. The maximum absolute atomic E-state index is 12.8. The number of likely N-dealkylation sites (tertiary alicyclic amines) is 1. The van der Waals surface area contributed by atoms with Crippen LogP contribution in [0.1, 0.15) is 24.8 Å². The van der Waals surface area contributed by atoms with Crippen molar-refractivity contribution in [3.8, 4) is 0 Å². The third-order valence-corrected chi connectivity index (χ3v) is 5.78. The van der Waals surface area contributed by atoms with Gasteiger partial charge in [0.1, 0.15) is 0 Å². The van der Waals surface area contributed by atoms with Crippen LogP contribution in [0.2, 0.25) is 0 Å². The number of nitrogens with zero attached hydrogens (tertiary/aromatic N) is 4. The Hall–Kier alpha value is -2.21. The van der Waals surface area contributed by atoms with Crippen LogP contribution in [0.15, 0.2) is 37.2 Å². The van der Waals surface area contributed by atoms with Gasteiger partial charge in [0.25, 0.3) is 0 Å². The first-order valence-electron chi connectivity index (χ1n) is 9.31. The summed E-state index contributed by atoms with van der Waals surface area (Å²) in [5.74, 6) is 0.331. The van der Waals surface area contributed by atoms with Crippen LogP contribution in [0.5, 0.6) is 0 Å². The van der Waals surface area contributed by atoms with Gasteiger partial charge in [0.2, 0.25) is 11.8 Å². The van der Waals surface area contributed by atoms with E-state index in [2.05, 4.69) is 23.5 Å². The van der Waals surface area contributed by atoms with Crippen LogP contribution in [0.3, 0.4) is 0 Å². The number of pyridine rings is 1. The van der Waals surface area contributed by atoms with Crippen LogP contribution >= 0.6 is 0 Å². The van der Waals surface area contributed by atoms with Gasteiger partial charge in [-0.05, 0) is 31.5 Å². The lowest BCUT2D eigenvalue weighted by Gasteiger charge is -2.49. The van der Waals surface area contributed by atoms with Gasteiger partial charge < -0.3 is 9.80 Å². The molecule has 2 aliphatic heterocycles. The van der Waals surface area contributed by atoms with Gasteiger partial charge >= 0.3 is 0 Å². The fraction of sp³-hybridized carbons (Fsp3) is 0.550. The summed E-state index contributed by atoms with van der Waals surface area (Å²) >= 11 is 0. The van der Waals surface area contributed by atoms with E-state index in [9.17, 15) is 9.59 Å². The summed E-state index contributed by atoms with van der Waals surface area (Å²) in [6.07, 6.45) is 7.85. The number of hydrogen-bond donors (Lipinski definition) is 0. The Morgan fingerprint density at radius 1 is 1.35 bits per heavy atom. The summed E-state index contributed by atoms with van der Waals surface area (Å²) in [4.78, 5) is 35.5. The molecule has 2 amide bonds. The Bertz CT molecular complexity index is 663. The minimum absolute atomic E-state index is 0.117. The number of carbonyl (C=O) groups excluding carboxylic acids is 2. The van der Waals surface area contributed by atoms with Crippen molar-refractivity contribution in [2.75, 3.05) is 39.8 Å². The predicted molar refractivity (Wildman–Crippen MR) is 101 cm³/mol. The Morgan fingerprint density at radius 2 is 2.19 bits per heavy atom. The standard InChI is InChI=1S/C20H28N4O2/c1-3-10-23-11-8-20(7-6-18(23)25)16-24(13-12-22(20)2)19(26)14-17-5-4-9-21-15-17/h3-5,9,15H,1,6-8,10-14,16H2,2H3/t20-/m0/s1. The van der Waals surface area contributed by atoms with Crippen molar-refractivity contribution in [1.82, 2.24) is 19.7 Å². The predicted octanol–water partition coefficient (Wildman–Crippen LogP) is 1.34. The highest BCUT2D eigenvalue weighted by Crippen LogP contribution is 2.32. The molecular weight excluding hydrogens is 328 g/mol. The molecule has 6 heteroatoms. The lowest BCUT2D eigenvalue weighted by Crippen LogP contribution is -2.62. The molecule has 0 bridgehead atoms. The highest BCUT2D eigenvalue weighted by Gasteiger charge is 2.43. The number of carbonyl (C=O) groups is 2. The molecule has 0 aliphatic carbocycles. The molecule has 6 nitrogen and oxygen atoms in total. The van der Waals surface area contributed by atoms with E-state index < -0.39 is 0 Å². The molecule has 2 saturated heterocycles. The SMILES string of the molecule is C=CCN1CC[C@@]2(CCC1=O)CN(C(=O)Cc1cccnc1)CCN2C. The fourth-order valence-corrected chi connectivity index (χ4v) is 4.04. The Kier molecular flexibility index (Phi) is 5.71. The first kappa shape index (κ1) is 18.6. The number of aromatic nitrogens is 1. The quantitative estimate of drug-likeness (QED) is 0.764. The van der Waals surface area contributed by atoms with E-state index in [0.29, 0.717) is 25.9 Å². The van der Waals surface area contributed by atoms with Crippen molar-refractivity contribution < 1.29 is 9.59 Å². The molecule has 3 rings (SSSR count). The molecule has 0 aromatic carbocycles. The Morgan fingerprint density at radius 3 is 2.92 bits per heavy atom. The van der Waals surface area contributed by atoms with Gasteiger partial charge in [-0.1, -0.05) is 12.1 Å². The maximum atomic E-state index is 12.8. The third kappa shape index (κ3) is 3.96. The van der Waals surface area contributed by atoms with Crippen molar-refractivity contribution >= 4 is 11.8 Å². The van der Waals surface area contributed by atoms with Crippen molar-refractivity contribution in [3.05, 3.63) is 42.7 Å². The van der Waals surface area contributed by atoms with Crippen LogP contribution in [-0.2, 0) is 16.0 Å². The van der Waals surface area contributed by atoms with Crippen molar-refractivity contribution in [2.24, 2.45) is 0 Å². The lowest BCUT2D eigenvalue weighted by molar-refractivity contribution is -0.136. The molecule has 0 N–H and O–H groups in total. The minimum atomic E-state index is -0.117. The average molecular weight is 356 g/mol. The van der Waals surface area contributed by atoms with E-state index in [0.717, 1.165) is 38.0 Å². The zero-order valence-corrected chi connectivity index (χ0v) is 15.6. The molecule has 0 unspecified atom stereocenters. The Labute approximate surface area is 155 Å². The van der Waals surface area contributed by atoms with E-state index in [-0.39, 0.29) is 17.4 Å². The second-order valence-electron chi connectivity index (χ2n) is 7.38. The summed E-state index contributed by atoms with van der Waals surface area (Å²) in [5, 5.41) is 0. The molecule has 1 aromatic heterocycles. The molecule has 1 spiro atoms. The second-order valence-corrected chi connectivity index (χ2v) is 7.38. The van der Waals surface area contributed by atoms with Crippen molar-refractivity contribution in [1.29, 1.82) is 0 Å². The van der Waals surface area contributed by atoms with Gasteiger partial charge in [-0.3, -0.25) is 19.5 Å². The molecule has 26 heavy (non-hydrogen) atoms. The van der Waals surface area contributed by atoms with Gasteiger partial charge in [-0.15, -0.1) is 6.58 Å². The normalized spacial score (nSPS) is 24.6. The summed E-state index contributed by atoms with van der Waals surface area (Å²) in [5.41, 5.74) is 0.827. The van der Waals surface area contributed by atoms with Crippen LogP contribution < -0.4 is 0 Å². The number of hydrogen-bond acceptors (Lipinski definition) is 4. The molecular formula is C20H28N4O2. The van der Waals surface area contributed by atoms with E-state index in [1.54, 1.807) is 18.5 Å². The van der Waals surface area contributed by atoms with E-state index >= 15 is 0 Å². The van der Waals surface area contributed by atoms with Crippen LogP contribution in [0.25, 0.3) is 0 Å². The van der Waals surface area contributed by atoms with Crippen LogP contribution in [-0.4, -0.2) is 76.8 Å². The second kappa shape index (κ2) is 7.99. The molecule has 0 radical (unpaired) electrons. The minimum Gasteiger partial charge on any atom is -0.339 e. The topological polar surface area (TPSA) is 56.8 Å². The molecule has 1 aromatic rings. The summed E-state index contributed by atoms with van der Waals surface area (Å²) in [7, 11) is 2.12. The summed E-state index contributed by atoms with van der Waals surface area (Å²) in [6.45, 7) is 7.34. The van der Waals surface area contributed by atoms with Crippen LogP contribution in [0, 0.1) is 0 Å². The van der Waals surface area contributed by atoms with Crippen molar-refractivity contribution in [2.45, 2.75) is 31.2 Å². The zero-order chi connectivity index (χ0) is 18.6. The lowest BCUT2D eigenvalue weighted by atomic mass is 9.86.